The Bertz CT molecular complexity index is 1040. The van der Waals surface area contributed by atoms with E-state index in [-0.39, 0.29) is 5.69 Å². The first-order chi connectivity index (χ1) is 14.5. The van der Waals surface area contributed by atoms with Crippen molar-refractivity contribution in [1.82, 2.24) is 0 Å². The molecule has 0 bridgehead atoms. The molecule has 1 heterocycles. The van der Waals surface area contributed by atoms with Gasteiger partial charge in [-0.15, -0.1) is 0 Å². The lowest BCUT2D eigenvalue weighted by atomic mass is 9.82. The molecule has 2 amide bonds. The van der Waals surface area contributed by atoms with E-state index in [0.29, 0.717) is 16.8 Å². The van der Waals surface area contributed by atoms with Crippen LogP contribution in [0.1, 0.15) is 43.7 Å². The Morgan fingerprint density at radius 3 is 2.26 bits per heavy atom. The molecule has 31 heavy (non-hydrogen) atoms. The normalized spacial score (nSPS) is 16.5. The summed E-state index contributed by atoms with van der Waals surface area (Å²) in [6.07, 6.45) is -0.865. The Balaban J connectivity index is 2.07. The van der Waals surface area contributed by atoms with Crippen LogP contribution >= 0.6 is 0 Å². The maximum atomic E-state index is 13.4. The molecule has 10 heteroatoms. The molecule has 0 spiro atoms. The summed E-state index contributed by atoms with van der Waals surface area (Å²) in [5.41, 5.74) is 0.146. The van der Waals surface area contributed by atoms with E-state index in [4.69, 9.17) is 4.74 Å². The second kappa shape index (κ2) is 8.13. The molecule has 1 aliphatic rings. The van der Waals surface area contributed by atoms with E-state index in [9.17, 15) is 29.8 Å². The van der Waals surface area contributed by atoms with Gasteiger partial charge >= 0.3 is 6.09 Å². The number of rotatable bonds is 5. The summed E-state index contributed by atoms with van der Waals surface area (Å²) in [7, 11) is 0. The van der Waals surface area contributed by atoms with Crippen molar-refractivity contribution < 1.29 is 24.2 Å². The molecule has 0 unspecified atom stereocenters. The van der Waals surface area contributed by atoms with Crippen LogP contribution in [-0.4, -0.2) is 34.0 Å². The van der Waals surface area contributed by atoms with Crippen molar-refractivity contribution in [2.45, 2.75) is 38.2 Å². The molecule has 0 aliphatic carbocycles. The average Bonchev–Trinajstić information content (AvgIpc) is 2.96. The van der Waals surface area contributed by atoms with Gasteiger partial charge in [0.25, 0.3) is 5.69 Å². The largest absolute Gasteiger partial charge is 0.443 e. The number of fused-ring (bicyclic) bond motifs is 1. The van der Waals surface area contributed by atoms with E-state index >= 15 is 0 Å². The Morgan fingerprint density at radius 2 is 1.71 bits per heavy atom. The average molecular weight is 427 g/mol. The number of hydrogen-bond donors (Lipinski definition) is 0. The molecule has 3 rings (SSSR count). The van der Waals surface area contributed by atoms with Crippen LogP contribution in [0, 0.1) is 20.2 Å². The highest BCUT2D eigenvalue weighted by atomic mass is 16.6. The van der Waals surface area contributed by atoms with Crippen molar-refractivity contribution in [3.8, 4) is 0 Å². The van der Waals surface area contributed by atoms with Gasteiger partial charge in [0.1, 0.15) is 5.60 Å². The van der Waals surface area contributed by atoms with Crippen LogP contribution in [-0.2, 0) is 9.53 Å². The maximum absolute atomic E-state index is 13.4. The number of amides is 2. The third kappa shape index (κ3) is 4.52. The molecule has 0 saturated carbocycles. The van der Waals surface area contributed by atoms with Gasteiger partial charge in [0.2, 0.25) is 12.5 Å². The topological polar surface area (TPSA) is 133 Å². The van der Waals surface area contributed by atoms with Gasteiger partial charge in [0, 0.05) is 17.1 Å². The van der Waals surface area contributed by atoms with Crippen LogP contribution in [0.15, 0.2) is 48.5 Å². The number of non-ortho nitro benzene ring substituents is 1. The van der Waals surface area contributed by atoms with Crippen LogP contribution in [0.4, 0.5) is 16.2 Å². The van der Waals surface area contributed by atoms with E-state index < -0.39 is 45.8 Å². The highest BCUT2D eigenvalue weighted by Gasteiger charge is 2.47. The summed E-state index contributed by atoms with van der Waals surface area (Å²) in [5.74, 6) is -2.59. The molecule has 0 aromatic heterocycles. The fourth-order valence-electron chi connectivity index (χ4n) is 3.64. The van der Waals surface area contributed by atoms with Crippen molar-refractivity contribution in [3.63, 3.8) is 0 Å². The van der Waals surface area contributed by atoms with Crippen molar-refractivity contribution in [2.75, 3.05) is 11.4 Å². The van der Waals surface area contributed by atoms with E-state index in [2.05, 4.69) is 0 Å². The lowest BCUT2D eigenvalue weighted by Crippen LogP contribution is -2.40. The molecule has 10 nitrogen and oxygen atoms in total. The number of carbonyl (C=O) groups excluding carboxylic acids is 2. The van der Waals surface area contributed by atoms with Crippen molar-refractivity contribution >= 4 is 23.4 Å². The van der Waals surface area contributed by atoms with Gasteiger partial charge in [-0.2, -0.15) is 0 Å². The summed E-state index contributed by atoms with van der Waals surface area (Å²) < 4.78 is 5.36. The fourth-order valence-corrected chi connectivity index (χ4v) is 3.64. The standard InChI is InChI=1S/C21H21N3O7/c1-21(2,3)31-20(26)23-17-7-5-4-6-15(17)18(19(23)25)16(12-22(27)28)13-8-10-14(11-9-13)24(29)30/h4-11,16,18H,12H2,1-3H3/t16-,18+/m1/s1. The number of hydrogen-bond acceptors (Lipinski definition) is 7. The van der Waals surface area contributed by atoms with Crippen LogP contribution in [0.5, 0.6) is 0 Å². The van der Waals surface area contributed by atoms with Gasteiger partial charge in [0.15, 0.2) is 0 Å². The number of carbonyl (C=O) groups is 2. The number of ether oxygens (including phenoxy) is 1. The zero-order valence-corrected chi connectivity index (χ0v) is 17.2. The van der Waals surface area contributed by atoms with E-state index in [0.717, 1.165) is 4.90 Å². The first-order valence-corrected chi connectivity index (χ1v) is 9.51. The third-order valence-corrected chi connectivity index (χ3v) is 4.86. The second-order valence-electron chi connectivity index (χ2n) is 8.16. The third-order valence-electron chi connectivity index (χ3n) is 4.86. The molecule has 2 aromatic carbocycles. The van der Waals surface area contributed by atoms with Gasteiger partial charge in [-0.25, -0.2) is 9.69 Å². The molecule has 0 N–H and O–H groups in total. The molecular weight excluding hydrogens is 406 g/mol. The zero-order chi connectivity index (χ0) is 22.9. The second-order valence-corrected chi connectivity index (χ2v) is 8.16. The van der Waals surface area contributed by atoms with E-state index in [1.165, 1.54) is 24.3 Å². The highest BCUT2D eigenvalue weighted by Crippen LogP contribution is 2.45. The zero-order valence-electron chi connectivity index (χ0n) is 17.2. The summed E-state index contributed by atoms with van der Waals surface area (Å²) >= 11 is 0. The van der Waals surface area contributed by atoms with Crippen molar-refractivity contribution in [1.29, 1.82) is 0 Å². The first kappa shape index (κ1) is 21.9. The van der Waals surface area contributed by atoms with Gasteiger partial charge < -0.3 is 4.74 Å². The van der Waals surface area contributed by atoms with Gasteiger partial charge in [-0.3, -0.25) is 25.0 Å². The number of para-hydroxylation sites is 1. The van der Waals surface area contributed by atoms with Crippen LogP contribution < -0.4 is 4.90 Å². The number of nitro groups is 2. The minimum atomic E-state index is -1.02. The number of anilines is 1. The monoisotopic (exact) mass is 427 g/mol. The SMILES string of the molecule is CC(C)(C)OC(=O)N1C(=O)[C@H]([C@H](C[N+](=O)[O-])c2ccc([N+](=O)[O-])cc2)c2ccccc21. The number of nitro benzene ring substituents is 1. The summed E-state index contributed by atoms with van der Waals surface area (Å²) in [6.45, 7) is 4.41. The van der Waals surface area contributed by atoms with Crippen LogP contribution in [0.25, 0.3) is 0 Å². The predicted molar refractivity (Wildman–Crippen MR) is 111 cm³/mol. The molecule has 162 valence electrons. The fraction of sp³-hybridized carbons (Fsp3) is 0.333. The summed E-state index contributed by atoms with van der Waals surface area (Å²) in [6, 6.07) is 11.8. The number of nitrogens with zero attached hydrogens (tertiary/aromatic N) is 3. The minimum Gasteiger partial charge on any atom is -0.443 e. The summed E-state index contributed by atoms with van der Waals surface area (Å²) in [5, 5.41) is 22.4. The predicted octanol–water partition coefficient (Wildman–Crippen LogP) is 4.02. The first-order valence-electron chi connectivity index (χ1n) is 9.51. The smallest absolute Gasteiger partial charge is 0.421 e. The highest BCUT2D eigenvalue weighted by molar-refractivity contribution is 6.19. The molecular formula is C21H21N3O7. The van der Waals surface area contributed by atoms with E-state index in [1.54, 1.807) is 45.0 Å². The van der Waals surface area contributed by atoms with Crippen molar-refractivity contribution in [3.05, 3.63) is 79.9 Å². The quantitative estimate of drug-likeness (QED) is 0.520. The van der Waals surface area contributed by atoms with Crippen LogP contribution in [0.3, 0.4) is 0 Å². The number of benzene rings is 2. The van der Waals surface area contributed by atoms with Gasteiger partial charge in [-0.1, -0.05) is 30.3 Å². The maximum Gasteiger partial charge on any atom is 0.421 e. The lowest BCUT2D eigenvalue weighted by molar-refractivity contribution is -0.483. The molecule has 2 atom stereocenters. The summed E-state index contributed by atoms with van der Waals surface area (Å²) in [4.78, 5) is 48.3. The van der Waals surface area contributed by atoms with Crippen LogP contribution in [0.2, 0.25) is 0 Å². The Morgan fingerprint density at radius 1 is 1.10 bits per heavy atom. The Kier molecular flexibility index (Phi) is 5.74. The molecule has 1 aliphatic heterocycles. The van der Waals surface area contributed by atoms with Crippen molar-refractivity contribution in [2.24, 2.45) is 0 Å². The Hall–Kier alpha value is -3.82. The molecule has 2 aromatic rings. The van der Waals surface area contributed by atoms with Gasteiger partial charge in [-0.05, 0) is 38.0 Å². The minimum absolute atomic E-state index is 0.169. The Labute approximate surface area is 177 Å². The molecule has 0 saturated heterocycles. The molecule has 0 fully saturated rings. The van der Waals surface area contributed by atoms with E-state index in [1.807, 2.05) is 0 Å². The number of imide groups is 1. The lowest BCUT2D eigenvalue weighted by Gasteiger charge is -2.24. The molecule has 0 radical (unpaired) electrons. The van der Waals surface area contributed by atoms with Gasteiger partial charge in [0.05, 0.1) is 22.4 Å².